The molecule has 0 saturated carbocycles. The van der Waals surface area contributed by atoms with Crippen molar-refractivity contribution in [3.05, 3.63) is 59.7 Å². The Morgan fingerprint density at radius 3 is 1.52 bits per heavy atom. The summed E-state index contributed by atoms with van der Waals surface area (Å²) >= 11 is 0. The molecule has 0 bridgehead atoms. The van der Waals surface area contributed by atoms with Crippen LogP contribution in [0.25, 0.3) is 0 Å². The number of rotatable bonds is 2. The van der Waals surface area contributed by atoms with E-state index in [0.29, 0.717) is 18.2 Å². The Bertz CT molecular complexity index is 583. The molecule has 0 unspecified atom stereocenters. The first kappa shape index (κ1) is 15.2. The maximum Gasteiger partial charge on any atom is 0.420 e. The van der Waals surface area contributed by atoms with Crippen molar-refractivity contribution in [2.45, 2.75) is 12.4 Å². The molecule has 2 aromatic rings. The number of halogens is 6. The third-order valence-electron chi connectivity index (χ3n) is 2.59. The summed E-state index contributed by atoms with van der Waals surface area (Å²) in [6, 6.07) is 8.79. The highest BCUT2D eigenvalue weighted by molar-refractivity contribution is 5.47. The minimum Gasteiger partial charge on any atom is -0.456 e. The van der Waals surface area contributed by atoms with Gasteiger partial charge < -0.3 is 4.74 Å². The fourth-order valence-corrected chi connectivity index (χ4v) is 1.70. The van der Waals surface area contributed by atoms with Crippen molar-refractivity contribution in [2.75, 3.05) is 0 Å². The van der Waals surface area contributed by atoms with Crippen molar-refractivity contribution in [1.82, 2.24) is 0 Å². The lowest BCUT2D eigenvalue weighted by molar-refractivity contribution is -0.144. The van der Waals surface area contributed by atoms with Crippen molar-refractivity contribution in [1.29, 1.82) is 0 Å². The molecule has 21 heavy (non-hydrogen) atoms. The zero-order valence-electron chi connectivity index (χ0n) is 10.3. The number of ether oxygens (including phenoxy) is 1. The maximum absolute atomic E-state index is 12.9. The van der Waals surface area contributed by atoms with Gasteiger partial charge in [-0.3, -0.25) is 0 Å². The minimum atomic E-state index is -4.95. The zero-order valence-corrected chi connectivity index (χ0v) is 10.3. The monoisotopic (exact) mass is 306 g/mol. The van der Waals surface area contributed by atoms with Crippen molar-refractivity contribution < 1.29 is 31.1 Å². The quantitative estimate of drug-likeness (QED) is 0.664. The summed E-state index contributed by atoms with van der Waals surface area (Å²) in [6.45, 7) is 0. The van der Waals surface area contributed by atoms with E-state index in [2.05, 4.69) is 0 Å². The second-order valence-electron chi connectivity index (χ2n) is 4.09. The molecule has 0 N–H and O–H groups in total. The molecule has 0 aromatic heterocycles. The highest BCUT2D eigenvalue weighted by Crippen LogP contribution is 2.45. The predicted molar refractivity (Wildman–Crippen MR) is 63.0 cm³/mol. The molecule has 112 valence electrons. The van der Waals surface area contributed by atoms with Crippen LogP contribution in [-0.2, 0) is 12.4 Å². The van der Waals surface area contributed by atoms with E-state index >= 15 is 0 Å². The molecule has 1 nitrogen and oxygen atoms in total. The topological polar surface area (TPSA) is 9.23 Å². The molecule has 0 aliphatic carbocycles. The molecular weight excluding hydrogens is 298 g/mol. The van der Waals surface area contributed by atoms with Crippen molar-refractivity contribution >= 4 is 0 Å². The molecule has 0 radical (unpaired) electrons. The number of hydrogen-bond donors (Lipinski definition) is 0. The zero-order chi connectivity index (χ0) is 15.7. The van der Waals surface area contributed by atoms with E-state index in [0.717, 1.165) is 0 Å². The van der Waals surface area contributed by atoms with Crippen LogP contribution in [0.3, 0.4) is 0 Å². The Kier molecular flexibility index (Phi) is 3.85. The Morgan fingerprint density at radius 1 is 0.619 bits per heavy atom. The summed E-state index contributed by atoms with van der Waals surface area (Å²) in [6.07, 6.45) is -9.91. The summed E-state index contributed by atoms with van der Waals surface area (Å²) in [5.74, 6) is -1.36. The number of benzene rings is 2. The normalized spacial score (nSPS) is 12.3. The summed E-state index contributed by atoms with van der Waals surface area (Å²) in [5, 5.41) is 0. The fourth-order valence-electron chi connectivity index (χ4n) is 1.70. The Balaban J connectivity index is 2.59. The van der Waals surface area contributed by atoms with Crippen LogP contribution < -0.4 is 4.74 Å². The first-order valence-electron chi connectivity index (χ1n) is 5.70. The van der Waals surface area contributed by atoms with Crippen molar-refractivity contribution in [2.24, 2.45) is 0 Å². The van der Waals surface area contributed by atoms with Gasteiger partial charge in [-0.1, -0.05) is 24.3 Å². The Morgan fingerprint density at radius 2 is 1.10 bits per heavy atom. The highest BCUT2D eigenvalue weighted by atomic mass is 19.4. The van der Waals surface area contributed by atoms with Gasteiger partial charge in [0, 0.05) is 0 Å². The van der Waals surface area contributed by atoms with Gasteiger partial charge in [0.1, 0.15) is 5.75 Å². The van der Waals surface area contributed by atoms with Crippen molar-refractivity contribution in [3.8, 4) is 11.5 Å². The smallest absolute Gasteiger partial charge is 0.420 e. The van der Waals surface area contributed by atoms with Crippen LogP contribution >= 0.6 is 0 Å². The van der Waals surface area contributed by atoms with Crippen LogP contribution in [-0.4, -0.2) is 0 Å². The summed E-state index contributed by atoms with van der Waals surface area (Å²) in [4.78, 5) is 0. The van der Waals surface area contributed by atoms with Crippen LogP contribution in [0, 0.1) is 0 Å². The van der Waals surface area contributed by atoms with Crippen LogP contribution in [0.5, 0.6) is 11.5 Å². The highest BCUT2D eigenvalue weighted by Gasteiger charge is 2.42. The lowest BCUT2D eigenvalue weighted by Crippen LogP contribution is -2.13. The van der Waals surface area contributed by atoms with Gasteiger partial charge in [0.05, 0.1) is 11.1 Å². The van der Waals surface area contributed by atoms with E-state index in [1.807, 2.05) is 0 Å². The van der Waals surface area contributed by atoms with Gasteiger partial charge in [0.2, 0.25) is 0 Å². The average Bonchev–Trinajstić information content (AvgIpc) is 2.37. The molecule has 0 saturated heterocycles. The molecule has 0 fully saturated rings. The molecule has 7 heteroatoms. The first-order chi connectivity index (χ1) is 9.69. The lowest BCUT2D eigenvalue weighted by atomic mass is 10.1. The summed E-state index contributed by atoms with van der Waals surface area (Å²) in [7, 11) is 0. The van der Waals surface area contributed by atoms with E-state index in [4.69, 9.17) is 4.74 Å². The van der Waals surface area contributed by atoms with E-state index in [1.54, 1.807) is 6.07 Å². The molecule has 0 aliphatic heterocycles. The standard InChI is InChI=1S/C14H8F6O/c15-13(16,17)10-7-4-8-11(14(18,19)20)12(10)21-9-5-2-1-3-6-9/h1-8H. The second-order valence-corrected chi connectivity index (χ2v) is 4.09. The summed E-state index contributed by atoms with van der Waals surface area (Å²) in [5.41, 5.74) is -2.94. The number of hydrogen-bond acceptors (Lipinski definition) is 1. The van der Waals surface area contributed by atoms with E-state index in [-0.39, 0.29) is 5.75 Å². The SMILES string of the molecule is FC(F)(F)c1cccc(C(F)(F)F)c1Oc1ccccc1. The first-order valence-corrected chi connectivity index (χ1v) is 5.70. The molecule has 0 atom stereocenters. The molecule has 2 rings (SSSR count). The average molecular weight is 306 g/mol. The Hall–Kier alpha value is -2.18. The second kappa shape index (κ2) is 5.31. The van der Waals surface area contributed by atoms with Gasteiger partial charge in [-0.2, -0.15) is 26.3 Å². The lowest BCUT2D eigenvalue weighted by Gasteiger charge is -2.18. The molecule has 0 heterocycles. The predicted octanol–water partition coefficient (Wildman–Crippen LogP) is 5.52. The van der Waals surface area contributed by atoms with Gasteiger partial charge in [-0.25, -0.2) is 0 Å². The Labute approximate surface area is 115 Å². The number of alkyl halides is 6. The van der Waals surface area contributed by atoms with Gasteiger partial charge in [0.15, 0.2) is 5.75 Å². The van der Waals surface area contributed by atoms with Crippen LogP contribution in [0.4, 0.5) is 26.3 Å². The molecule has 0 spiro atoms. The van der Waals surface area contributed by atoms with E-state index in [1.165, 1.54) is 24.3 Å². The third-order valence-corrected chi connectivity index (χ3v) is 2.59. The molecular formula is C14H8F6O. The molecule has 0 aliphatic rings. The fraction of sp³-hybridized carbons (Fsp3) is 0.143. The van der Waals surface area contributed by atoms with Gasteiger partial charge in [-0.05, 0) is 24.3 Å². The minimum absolute atomic E-state index is 0.111. The largest absolute Gasteiger partial charge is 0.456 e. The molecule has 2 aromatic carbocycles. The van der Waals surface area contributed by atoms with E-state index in [9.17, 15) is 26.3 Å². The van der Waals surface area contributed by atoms with E-state index < -0.39 is 29.2 Å². The van der Waals surface area contributed by atoms with Crippen LogP contribution in [0.2, 0.25) is 0 Å². The third kappa shape index (κ3) is 3.48. The van der Waals surface area contributed by atoms with Crippen LogP contribution in [0.1, 0.15) is 11.1 Å². The summed E-state index contributed by atoms with van der Waals surface area (Å²) < 4.78 is 82.1. The van der Waals surface area contributed by atoms with Gasteiger partial charge >= 0.3 is 12.4 Å². The van der Waals surface area contributed by atoms with Crippen molar-refractivity contribution in [3.63, 3.8) is 0 Å². The number of para-hydroxylation sites is 2. The van der Waals surface area contributed by atoms with Crippen LogP contribution in [0.15, 0.2) is 48.5 Å². The molecule has 0 amide bonds. The van der Waals surface area contributed by atoms with Gasteiger partial charge in [0.25, 0.3) is 0 Å². The van der Waals surface area contributed by atoms with Gasteiger partial charge in [-0.15, -0.1) is 0 Å². The maximum atomic E-state index is 12.9.